The molecule has 0 heterocycles. The second-order valence-electron chi connectivity index (χ2n) is 7.01. The zero-order chi connectivity index (χ0) is 18.7. The van der Waals surface area contributed by atoms with Gasteiger partial charge in [-0.3, -0.25) is 9.59 Å². The van der Waals surface area contributed by atoms with E-state index in [-0.39, 0.29) is 5.91 Å². The fourth-order valence-corrected chi connectivity index (χ4v) is 4.23. The van der Waals surface area contributed by atoms with Crippen LogP contribution in [0.3, 0.4) is 0 Å². The van der Waals surface area contributed by atoms with Gasteiger partial charge in [0.15, 0.2) is 0 Å². The molecule has 4 nitrogen and oxygen atoms in total. The molecule has 0 spiro atoms. The second-order valence-corrected chi connectivity index (χ2v) is 7.01. The quantitative estimate of drug-likeness (QED) is 0.891. The van der Waals surface area contributed by atoms with Crippen molar-refractivity contribution in [3.63, 3.8) is 0 Å². The fraction of sp³-hybridized carbons (Fsp3) is 0.364. The SMILES string of the molecule is CCCN(C)C(=O)C1(c2ccccc2)CCC(C(=O)O)c2ccccc21. The van der Waals surface area contributed by atoms with E-state index in [1.54, 1.807) is 4.90 Å². The highest BCUT2D eigenvalue weighted by atomic mass is 16.4. The number of nitrogens with zero attached hydrogens (tertiary/aromatic N) is 1. The number of benzene rings is 2. The lowest BCUT2D eigenvalue weighted by Crippen LogP contribution is -2.49. The van der Waals surface area contributed by atoms with E-state index in [1.807, 2.05) is 68.6 Å². The molecule has 1 aliphatic carbocycles. The Kier molecular flexibility index (Phi) is 5.12. The van der Waals surface area contributed by atoms with Gasteiger partial charge in [0.1, 0.15) is 0 Å². The number of hydrogen-bond acceptors (Lipinski definition) is 2. The average Bonchev–Trinajstić information content (AvgIpc) is 2.67. The first kappa shape index (κ1) is 18.2. The third kappa shape index (κ3) is 2.90. The molecule has 2 atom stereocenters. The van der Waals surface area contributed by atoms with Crippen LogP contribution >= 0.6 is 0 Å². The van der Waals surface area contributed by atoms with Crippen LogP contribution in [-0.4, -0.2) is 35.5 Å². The van der Waals surface area contributed by atoms with Gasteiger partial charge >= 0.3 is 5.97 Å². The molecule has 2 aromatic rings. The molecule has 0 aromatic heterocycles. The number of rotatable bonds is 5. The predicted octanol–water partition coefficient (Wildman–Crippen LogP) is 3.80. The minimum Gasteiger partial charge on any atom is -0.481 e. The highest BCUT2D eigenvalue weighted by Crippen LogP contribution is 2.48. The molecule has 26 heavy (non-hydrogen) atoms. The molecular weight excluding hydrogens is 326 g/mol. The van der Waals surface area contributed by atoms with Crippen LogP contribution in [0.5, 0.6) is 0 Å². The molecule has 2 aromatic carbocycles. The van der Waals surface area contributed by atoms with Crippen LogP contribution in [-0.2, 0) is 15.0 Å². The van der Waals surface area contributed by atoms with Crippen molar-refractivity contribution in [1.82, 2.24) is 4.90 Å². The van der Waals surface area contributed by atoms with Crippen LogP contribution in [0.15, 0.2) is 54.6 Å². The molecule has 1 N–H and O–H groups in total. The number of fused-ring (bicyclic) bond motifs is 1. The predicted molar refractivity (Wildman–Crippen MR) is 101 cm³/mol. The summed E-state index contributed by atoms with van der Waals surface area (Å²) in [5, 5.41) is 9.66. The summed E-state index contributed by atoms with van der Waals surface area (Å²) in [7, 11) is 1.84. The monoisotopic (exact) mass is 351 g/mol. The van der Waals surface area contributed by atoms with E-state index in [2.05, 4.69) is 0 Å². The van der Waals surface area contributed by atoms with Crippen LogP contribution in [0.25, 0.3) is 0 Å². The zero-order valence-corrected chi connectivity index (χ0v) is 15.3. The standard InChI is InChI=1S/C22H25NO3/c1-3-15-23(2)21(26)22(16-9-5-4-6-10-16)14-13-18(20(24)25)17-11-7-8-12-19(17)22/h4-12,18H,3,13-15H2,1-2H3,(H,24,25). The minimum absolute atomic E-state index is 0.0434. The number of aliphatic carboxylic acids is 1. The van der Waals surface area contributed by atoms with Crippen molar-refractivity contribution >= 4 is 11.9 Å². The van der Waals surface area contributed by atoms with Gasteiger partial charge in [-0.2, -0.15) is 0 Å². The first-order valence-electron chi connectivity index (χ1n) is 9.15. The molecule has 0 fully saturated rings. The van der Waals surface area contributed by atoms with Crippen molar-refractivity contribution in [3.05, 3.63) is 71.3 Å². The lowest BCUT2D eigenvalue weighted by atomic mass is 9.62. The summed E-state index contributed by atoms with van der Waals surface area (Å²) < 4.78 is 0. The molecule has 0 bridgehead atoms. The fourth-order valence-electron chi connectivity index (χ4n) is 4.23. The number of carboxylic acids is 1. The van der Waals surface area contributed by atoms with Crippen LogP contribution in [0, 0.1) is 0 Å². The molecule has 0 saturated heterocycles. The van der Waals surface area contributed by atoms with Crippen LogP contribution < -0.4 is 0 Å². The minimum atomic E-state index is -0.826. The van der Waals surface area contributed by atoms with E-state index >= 15 is 0 Å². The molecule has 3 rings (SSSR count). The number of carbonyl (C=O) groups is 2. The van der Waals surface area contributed by atoms with Gasteiger partial charge in [-0.05, 0) is 36.0 Å². The van der Waals surface area contributed by atoms with Crippen molar-refractivity contribution in [1.29, 1.82) is 0 Å². The van der Waals surface area contributed by atoms with Crippen molar-refractivity contribution in [3.8, 4) is 0 Å². The van der Waals surface area contributed by atoms with Gasteiger partial charge in [0.25, 0.3) is 0 Å². The van der Waals surface area contributed by atoms with Gasteiger partial charge in [-0.15, -0.1) is 0 Å². The van der Waals surface area contributed by atoms with Gasteiger partial charge in [0.2, 0.25) is 5.91 Å². The molecule has 2 unspecified atom stereocenters. The number of carboxylic acid groups (broad SMARTS) is 1. The molecule has 0 saturated carbocycles. The van der Waals surface area contributed by atoms with Gasteiger partial charge in [0, 0.05) is 13.6 Å². The van der Waals surface area contributed by atoms with Crippen molar-refractivity contribution in [2.24, 2.45) is 0 Å². The Labute approximate surface area is 154 Å². The Morgan fingerprint density at radius 3 is 2.42 bits per heavy atom. The Bertz CT molecular complexity index is 802. The second kappa shape index (κ2) is 7.32. The maximum absolute atomic E-state index is 13.6. The largest absolute Gasteiger partial charge is 0.481 e. The third-order valence-electron chi connectivity index (χ3n) is 5.44. The van der Waals surface area contributed by atoms with Crippen LogP contribution in [0.4, 0.5) is 0 Å². The highest BCUT2D eigenvalue weighted by molar-refractivity contribution is 5.94. The molecule has 136 valence electrons. The molecule has 1 amide bonds. The van der Waals surface area contributed by atoms with E-state index in [4.69, 9.17) is 0 Å². The van der Waals surface area contributed by atoms with E-state index in [0.29, 0.717) is 19.4 Å². The highest BCUT2D eigenvalue weighted by Gasteiger charge is 2.49. The average molecular weight is 351 g/mol. The van der Waals surface area contributed by atoms with Crippen molar-refractivity contribution in [2.75, 3.05) is 13.6 Å². The maximum atomic E-state index is 13.6. The van der Waals surface area contributed by atoms with Gasteiger partial charge in [-0.1, -0.05) is 61.5 Å². The lowest BCUT2D eigenvalue weighted by molar-refractivity contribution is -0.141. The Morgan fingerprint density at radius 1 is 1.12 bits per heavy atom. The smallest absolute Gasteiger partial charge is 0.310 e. The third-order valence-corrected chi connectivity index (χ3v) is 5.44. The van der Waals surface area contributed by atoms with Crippen LogP contribution in [0.2, 0.25) is 0 Å². The Morgan fingerprint density at radius 2 is 1.77 bits per heavy atom. The molecular formula is C22H25NO3. The van der Waals surface area contributed by atoms with E-state index in [0.717, 1.165) is 23.1 Å². The summed E-state index contributed by atoms with van der Waals surface area (Å²) in [6, 6.07) is 17.3. The summed E-state index contributed by atoms with van der Waals surface area (Å²) >= 11 is 0. The number of hydrogen-bond donors (Lipinski definition) is 1. The molecule has 1 aliphatic rings. The first-order chi connectivity index (χ1) is 12.5. The molecule has 0 aliphatic heterocycles. The summed E-state index contributed by atoms with van der Waals surface area (Å²) in [5.74, 6) is -1.34. The maximum Gasteiger partial charge on any atom is 0.310 e. The summed E-state index contributed by atoms with van der Waals surface area (Å²) in [6.07, 6.45) is 1.83. The molecule has 0 radical (unpaired) electrons. The van der Waals surface area contributed by atoms with E-state index in [1.165, 1.54) is 0 Å². The summed E-state index contributed by atoms with van der Waals surface area (Å²) in [5.41, 5.74) is 1.70. The topological polar surface area (TPSA) is 57.6 Å². The van der Waals surface area contributed by atoms with Gasteiger partial charge in [0.05, 0.1) is 11.3 Å². The summed E-state index contributed by atoms with van der Waals surface area (Å²) in [6.45, 7) is 2.73. The van der Waals surface area contributed by atoms with E-state index < -0.39 is 17.3 Å². The Hall–Kier alpha value is -2.62. The van der Waals surface area contributed by atoms with Crippen LogP contribution in [0.1, 0.15) is 48.8 Å². The van der Waals surface area contributed by atoms with E-state index in [9.17, 15) is 14.7 Å². The first-order valence-corrected chi connectivity index (χ1v) is 9.15. The Balaban J connectivity index is 2.24. The van der Waals surface area contributed by atoms with Gasteiger partial charge < -0.3 is 10.0 Å². The van der Waals surface area contributed by atoms with Gasteiger partial charge in [-0.25, -0.2) is 0 Å². The summed E-state index contributed by atoms with van der Waals surface area (Å²) in [4.78, 5) is 27.2. The number of carbonyl (C=O) groups excluding carboxylic acids is 1. The normalized spacial score (nSPS) is 21.7. The number of likely N-dealkylation sites (N-methyl/N-ethyl adjacent to an activating group) is 1. The van der Waals surface area contributed by atoms with Crippen molar-refractivity contribution < 1.29 is 14.7 Å². The van der Waals surface area contributed by atoms with Crippen molar-refractivity contribution in [2.45, 2.75) is 37.5 Å². The lowest BCUT2D eigenvalue weighted by Gasteiger charge is -2.42. The zero-order valence-electron chi connectivity index (χ0n) is 15.3. The number of amides is 1. The molecule has 4 heteroatoms.